The lowest BCUT2D eigenvalue weighted by atomic mass is 10.6. The number of halogens is 1. The molecule has 0 fully saturated rings. The van der Waals surface area contributed by atoms with E-state index >= 15 is 0 Å². The van der Waals surface area contributed by atoms with Gasteiger partial charge in [0.25, 0.3) is 0 Å². The van der Waals surface area contributed by atoms with Crippen LogP contribution in [0.4, 0.5) is 0 Å². The van der Waals surface area contributed by atoms with Crippen molar-refractivity contribution in [3.8, 4) is 0 Å². The van der Waals surface area contributed by atoms with Gasteiger partial charge in [-0.15, -0.1) is 0 Å². The predicted molar refractivity (Wildman–Crippen MR) is 38.7 cm³/mol. The SMILES string of the molecule is CCNC(O)C(=O)I. The Balaban J connectivity index is 3.32. The van der Waals surface area contributed by atoms with Gasteiger partial charge >= 0.3 is 0 Å². The molecule has 0 amide bonds. The molecule has 0 aliphatic heterocycles. The van der Waals surface area contributed by atoms with E-state index < -0.39 is 6.23 Å². The van der Waals surface area contributed by atoms with Gasteiger partial charge in [-0.25, -0.2) is 0 Å². The summed E-state index contributed by atoms with van der Waals surface area (Å²) < 4.78 is -0.274. The van der Waals surface area contributed by atoms with E-state index in [1.807, 2.05) is 6.92 Å². The van der Waals surface area contributed by atoms with Crippen molar-refractivity contribution in [1.29, 1.82) is 0 Å². The Hall–Kier alpha value is 0.320. The summed E-state index contributed by atoms with van der Waals surface area (Å²) >= 11 is 1.54. The van der Waals surface area contributed by atoms with Gasteiger partial charge in [0.05, 0.1) is 0 Å². The molecule has 2 N–H and O–H groups in total. The molecule has 0 saturated carbocycles. The molecule has 48 valence electrons. The fourth-order valence-electron chi connectivity index (χ4n) is 0.274. The summed E-state index contributed by atoms with van der Waals surface area (Å²) in [5, 5.41) is 11.2. The fourth-order valence-corrected chi connectivity index (χ4v) is 0.494. The van der Waals surface area contributed by atoms with E-state index in [9.17, 15) is 4.79 Å². The van der Waals surface area contributed by atoms with E-state index in [0.717, 1.165) is 0 Å². The zero-order valence-corrected chi connectivity index (χ0v) is 6.68. The Morgan fingerprint density at radius 3 is 2.62 bits per heavy atom. The third-order valence-electron chi connectivity index (χ3n) is 0.612. The lowest BCUT2D eigenvalue weighted by Gasteiger charge is -2.03. The van der Waals surface area contributed by atoms with Crippen LogP contribution in [0.2, 0.25) is 0 Å². The minimum atomic E-state index is -0.986. The Kier molecular flexibility index (Phi) is 4.39. The van der Waals surface area contributed by atoms with Gasteiger partial charge in [-0.1, -0.05) is 6.92 Å². The van der Waals surface area contributed by atoms with E-state index in [1.54, 1.807) is 22.6 Å². The second kappa shape index (κ2) is 4.22. The highest BCUT2D eigenvalue weighted by Gasteiger charge is 2.06. The first-order chi connectivity index (χ1) is 3.68. The molecule has 3 nitrogen and oxygen atoms in total. The van der Waals surface area contributed by atoms with Crippen molar-refractivity contribution in [2.75, 3.05) is 6.54 Å². The fraction of sp³-hybridized carbons (Fsp3) is 0.750. The number of hydrogen-bond donors (Lipinski definition) is 2. The second-order valence-electron chi connectivity index (χ2n) is 1.26. The normalized spacial score (nSPS) is 13.4. The lowest BCUT2D eigenvalue weighted by molar-refractivity contribution is -0.117. The average molecular weight is 229 g/mol. The molecule has 0 heterocycles. The van der Waals surface area contributed by atoms with Gasteiger partial charge < -0.3 is 5.11 Å². The van der Waals surface area contributed by atoms with Crippen LogP contribution in [0.3, 0.4) is 0 Å². The molecule has 4 heteroatoms. The molecule has 1 unspecified atom stereocenters. The minimum absolute atomic E-state index is 0.274. The van der Waals surface area contributed by atoms with Crippen LogP contribution in [-0.2, 0) is 4.79 Å². The molecule has 1 atom stereocenters. The molecule has 8 heavy (non-hydrogen) atoms. The monoisotopic (exact) mass is 229 g/mol. The zero-order valence-electron chi connectivity index (χ0n) is 4.52. The van der Waals surface area contributed by atoms with Gasteiger partial charge in [-0.3, -0.25) is 10.1 Å². The maximum Gasteiger partial charge on any atom is 0.235 e. The standard InChI is InChI=1S/C4H8INO2/c1-2-6-4(8)3(5)7/h4,6,8H,2H2,1H3. The number of hydrogen-bond acceptors (Lipinski definition) is 3. The number of nitrogens with one attached hydrogen (secondary N) is 1. The van der Waals surface area contributed by atoms with Gasteiger partial charge in [0, 0.05) is 22.6 Å². The van der Waals surface area contributed by atoms with Crippen LogP contribution in [0.5, 0.6) is 0 Å². The second-order valence-corrected chi connectivity index (χ2v) is 2.33. The molecule has 0 aliphatic rings. The summed E-state index contributed by atoms with van der Waals surface area (Å²) in [5.41, 5.74) is 0. The smallest absolute Gasteiger partial charge is 0.235 e. The Morgan fingerprint density at radius 1 is 2.00 bits per heavy atom. The lowest BCUT2D eigenvalue weighted by Crippen LogP contribution is -2.33. The van der Waals surface area contributed by atoms with E-state index in [1.165, 1.54) is 0 Å². The molecule has 0 saturated heterocycles. The molecule has 0 aromatic heterocycles. The highest BCUT2D eigenvalue weighted by atomic mass is 127. The number of rotatable bonds is 3. The Bertz CT molecular complexity index is 86.1. The van der Waals surface area contributed by atoms with Crippen LogP contribution < -0.4 is 5.32 Å². The third-order valence-corrected chi connectivity index (χ3v) is 1.20. The van der Waals surface area contributed by atoms with Crippen molar-refractivity contribution in [3.05, 3.63) is 0 Å². The minimum Gasteiger partial charge on any atom is -0.371 e. The van der Waals surface area contributed by atoms with Crippen molar-refractivity contribution in [3.63, 3.8) is 0 Å². The maximum absolute atomic E-state index is 10.2. The molecular weight excluding hydrogens is 221 g/mol. The summed E-state index contributed by atoms with van der Waals surface area (Å²) in [6.07, 6.45) is -0.986. The van der Waals surface area contributed by atoms with Crippen LogP contribution in [0, 0.1) is 0 Å². The van der Waals surface area contributed by atoms with Crippen molar-refractivity contribution < 1.29 is 9.90 Å². The number of aliphatic hydroxyl groups is 1. The molecule has 0 radical (unpaired) electrons. The van der Waals surface area contributed by atoms with Gasteiger partial charge in [-0.05, 0) is 6.54 Å². The highest BCUT2D eigenvalue weighted by Crippen LogP contribution is 1.88. The quantitative estimate of drug-likeness (QED) is 0.403. The van der Waals surface area contributed by atoms with Crippen molar-refractivity contribution in [1.82, 2.24) is 5.32 Å². The largest absolute Gasteiger partial charge is 0.371 e. The molecule has 0 bridgehead atoms. The Morgan fingerprint density at radius 2 is 2.50 bits per heavy atom. The molecule has 0 aromatic rings. The van der Waals surface area contributed by atoms with Crippen LogP contribution in [0.1, 0.15) is 6.92 Å². The van der Waals surface area contributed by atoms with E-state index in [0.29, 0.717) is 6.54 Å². The van der Waals surface area contributed by atoms with E-state index in [2.05, 4.69) is 5.32 Å². The third kappa shape index (κ3) is 3.34. The highest BCUT2D eigenvalue weighted by molar-refractivity contribution is 14.1. The first-order valence-corrected chi connectivity index (χ1v) is 3.37. The first kappa shape index (κ1) is 8.32. The van der Waals surface area contributed by atoms with Gasteiger partial charge in [-0.2, -0.15) is 0 Å². The van der Waals surface area contributed by atoms with Gasteiger partial charge in [0.1, 0.15) is 0 Å². The zero-order chi connectivity index (χ0) is 6.57. The van der Waals surface area contributed by atoms with Crippen LogP contribution in [0.25, 0.3) is 0 Å². The van der Waals surface area contributed by atoms with Gasteiger partial charge in [0.15, 0.2) is 6.23 Å². The van der Waals surface area contributed by atoms with Crippen molar-refractivity contribution in [2.24, 2.45) is 0 Å². The number of carbonyl (C=O) groups is 1. The average Bonchev–Trinajstić information content (AvgIpc) is 1.67. The summed E-state index contributed by atoms with van der Waals surface area (Å²) in [7, 11) is 0. The summed E-state index contributed by atoms with van der Waals surface area (Å²) in [6, 6.07) is 0. The van der Waals surface area contributed by atoms with Crippen molar-refractivity contribution in [2.45, 2.75) is 13.2 Å². The van der Waals surface area contributed by atoms with Gasteiger partial charge in [0.2, 0.25) is 3.79 Å². The topological polar surface area (TPSA) is 49.3 Å². The number of aliphatic hydroxyl groups excluding tert-OH is 1. The van der Waals surface area contributed by atoms with Crippen LogP contribution in [-0.4, -0.2) is 21.7 Å². The maximum atomic E-state index is 10.2. The van der Waals surface area contributed by atoms with Crippen molar-refractivity contribution >= 4 is 26.4 Å². The summed E-state index contributed by atoms with van der Waals surface area (Å²) in [6.45, 7) is 2.43. The summed E-state index contributed by atoms with van der Waals surface area (Å²) in [5.74, 6) is 0. The van der Waals surface area contributed by atoms with E-state index in [4.69, 9.17) is 5.11 Å². The van der Waals surface area contributed by atoms with E-state index in [-0.39, 0.29) is 3.79 Å². The molecule has 0 aliphatic carbocycles. The first-order valence-electron chi connectivity index (χ1n) is 2.29. The molecule has 0 spiro atoms. The molecular formula is C4H8INO2. The van der Waals surface area contributed by atoms with Crippen LogP contribution in [0.15, 0.2) is 0 Å². The van der Waals surface area contributed by atoms with Crippen LogP contribution >= 0.6 is 22.6 Å². The number of carbonyl (C=O) groups excluding carboxylic acids is 1. The molecule has 0 rings (SSSR count). The predicted octanol–water partition coefficient (Wildman–Crippen LogP) is -0.124. The Labute approximate surface area is 61.6 Å². The number of likely N-dealkylation sites (N-methyl/N-ethyl adjacent to an activating group) is 1. The summed E-state index contributed by atoms with van der Waals surface area (Å²) in [4.78, 5) is 10.2. The molecule has 0 aromatic carbocycles.